The van der Waals surface area contributed by atoms with Gasteiger partial charge < -0.3 is 21.7 Å². The number of nitrogens with two attached hydrogens (primary N) is 1. The minimum absolute atomic E-state index is 0.288. The van der Waals surface area contributed by atoms with Gasteiger partial charge in [0, 0.05) is 16.8 Å². The topological polar surface area (TPSA) is 113 Å². The van der Waals surface area contributed by atoms with E-state index < -0.39 is 11.9 Å². The molecule has 0 spiro atoms. The molecule has 0 saturated heterocycles. The summed E-state index contributed by atoms with van der Waals surface area (Å²) in [6.45, 7) is 0. The van der Waals surface area contributed by atoms with Crippen LogP contribution in [0.4, 0.5) is 21.9 Å². The summed E-state index contributed by atoms with van der Waals surface area (Å²) in [5.41, 5.74) is 7.27. The highest BCUT2D eigenvalue weighted by Crippen LogP contribution is 2.20. The first-order valence-corrected chi connectivity index (χ1v) is 8.87. The molecule has 1 aromatic heterocycles. The molecular formula is C19H16N4O3S. The van der Waals surface area contributed by atoms with Crippen molar-refractivity contribution in [1.82, 2.24) is 0 Å². The maximum atomic E-state index is 12.7. The fourth-order valence-electron chi connectivity index (χ4n) is 2.39. The highest BCUT2D eigenvalue weighted by Gasteiger charge is 2.14. The highest BCUT2D eigenvalue weighted by atomic mass is 32.1. The molecule has 0 atom stereocenters. The van der Waals surface area contributed by atoms with Crippen LogP contribution in [0.15, 0.2) is 65.4 Å². The van der Waals surface area contributed by atoms with Crippen LogP contribution >= 0.6 is 11.3 Å². The molecule has 7 nitrogen and oxygen atoms in total. The molecule has 2 aromatic carbocycles. The first kappa shape index (κ1) is 18.2. The molecule has 8 heteroatoms. The van der Waals surface area contributed by atoms with Crippen LogP contribution in [0.3, 0.4) is 0 Å². The van der Waals surface area contributed by atoms with Gasteiger partial charge >= 0.3 is 6.03 Å². The lowest BCUT2D eigenvalue weighted by Gasteiger charge is -2.12. The van der Waals surface area contributed by atoms with Crippen LogP contribution in [0.5, 0.6) is 0 Å². The van der Waals surface area contributed by atoms with E-state index in [1.807, 2.05) is 0 Å². The number of rotatable bonds is 5. The Morgan fingerprint density at radius 2 is 1.56 bits per heavy atom. The number of nitrogens with one attached hydrogen (secondary N) is 3. The summed E-state index contributed by atoms with van der Waals surface area (Å²) in [4.78, 5) is 35.9. The zero-order chi connectivity index (χ0) is 19.2. The maximum absolute atomic E-state index is 12.7. The van der Waals surface area contributed by atoms with Crippen molar-refractivity contribution in [1.29, 1.82) is 0 Å². The van der Waals surface area contributed by atoms with Gasteiger partial charge in [-0.3, -0.25) is 9.59 Å². The van der Waals surface area contributed by atoms with Crippen LogP contribution in [0.25, 0.3) is 0 Å². The number of benzene rings is 2. The Balaban J connectivity index is 1.77. The van der Waals surface area contributed by atoms with Gasteiger partial charge in [-0.2, -0.15) is 11.3 Å². The van der Waals surface area contributed by atoms with E-state index in [0.29, 0.717) is 28.2 Å². The van der Waals surface area contributed by atoms with Gasteiger partial charge in [-0.1, -0.05) is 18.2 Å². The summed E-state index contributed by atoms with van der Waals surface area (Å²) < 4.78 is 0. The number of urea groups is 1. The van der Waals surface area contributed by atoms with Crippen molar-refractivity contribution in [2.45, 2.75) is 0 Å². The first-order chi connectivity index (χ1) is 13.0. The normalized spacial score (nSPS) is 10.1. The van der Waals surface area contributed by atoms with Gasteiger partial charge in [0.15, 0.2) is 0 Å². The fourth-order valence-corrected chi connectivity index (χ4v) is 3.03. The lowest BCUT2D eigenvalue weighted by atomic mass is 10.1. The van der Waals surface area contributed by atoms with Gasteiger partial charge in [-0.05, 0) is 41.8 Å². The van der Waals surface area contributed by atoms with Crippen molar-refractivity contribution in [3.05, 3.63) is 76.5 Å². The number of carbonyl (C=O) groups excluding carboxylic acids is 3. The fraction of sp³-hybridized carbons (Fsp3) is 0. The molecule has 136 valence electrons. The van der Waals surface area contributed by atoms with Crippen molar-refractivity contribution in [3.63, 3.8) is 0 Å². The Morgan fingerprint density at radius 3 is 2.26 bits per heavy atom. The number of carbonyl (C=O) groups is 3. The SMILES string of the molecule is NC(=O)Nc1cccc(NC(=O)c2ccccc2NC(=O)c2ccsc2)c1. The first-order valence-electron chi connectivity index (χ1n) is 7.93. The molecule has 27 heavy (non-hydrogen) atoms. The highest BCUT2D eigenvalue weighted by molar-refractivity contribution is 7.08. The van der Waals surface area contributed by atoms with Gasteiger partial charge in [0.05, 0.1) is 16.8 Å². The molecule has 1 heterocycles. The summed E-state index contributed by atoms with van der Waals surface area (Å²) in [5.74, 6) is -0.684. The second kappa shape index (κ2) is 8.15. The van der Waals surface area contributed by atoms with Crippen LogP contribution in [0.2, 0.25) is 0 Å². The number of para-hydroxylation sites is 1. The van der Waals surface area contributed by atoms with E-state index in [0.717, 1.165) is 0 Å². The van der Waals surface area contributed by atoms with Gasteiger partial charge in [-0.25, -0.2) is 4.79 Å². The molecule has 0 unspecified atom stereocenters. The van der Waals surface area contributed by atoms with E-state index in [1.54, 1.807) is 65.4 Å². The molecule has 0 saturated carbocycles. The van der Waals surface area contributed by atoms with Gasteiger partial charge in [0.2, 0.25) is 0 Å². The third kappa shape index (κ3) is 4.71. The molecule has 3 aromatic rings. The molecule has 0 radical (unpaired) electrons. The minimum Gasteiger partial charge on any atom is -0.351 e. The van der Waals surface area contributed by atoms with Crippen molar-refractivity contribution in [2.75, 3.05) is 16.0 Å². The minimum atomic E-state index is -0.694. The molecule has 4 amide bonds. The smallest absolute Gasteiger partial charge is 0.316 e. The average molecular weight is 380 g/mol. The summed E-state index contributed by atoms with van der Waals surface area (Å²) in [6.07, 6.45) is 0. The Morgan fingerprint density at radius 1 is 0.815 bits per heavy atom. The maximum Gasteiger partial charge on any atom is 0.316 e. The molecule has 0 bridgehead atoms. The zero-order valence-corrected chi connectivity index (χ0v) is 14.9. The van der Waals surface area contributed by atoms with Crippen molar-refractivity contribution >= 4 is 46.2 Å². The molecule has 0 aliphatic rings. The van der Waals surface area contributed by atoms with E-state index in [-0.39, 0.29) is 5.91 Å². The van der Waals surface area contributed by atoms with Crippen molar-refractivity contribution in [2.24, 2.45) is 5.73 Å². The monoisotopic (exact) mass is 380 g/mol. The summed E-state index contributed by atoms with van der Waals surface area (Å²) in [5, 5.41) is 11.5. The van der Waals surface area contributed by atoms with E-state index >= 15 is 0 Å². The molecule has 0 fully saturated rings. The zero-order valence-electron chi connectivity index (χ0n) is 14.1. The summed E-state index contributed by atoms with van der Waals surface area (Å²) in [7, 11) is 0. The number of anilines is 3. The quantitative estimate of drug-likeness (QED) is 0.540. The molecular weight excluding hydrogens is 364 g/mol. The second-order valence-corrected chi connectivity index (χ2v) is 6.32. The number of amides is 4. The molecule has 5 N–H and O–H groups in total. The number of primary amides is 1. The van der Waals surface area contributed by atoms with Gasteiger partial charge in [0.1, 0.15) is 0 Å². The largest absolute Gasteiger partial charge is 0.351 e. The Kier molecular flexibility index (Phi) is 5.48. The predicted octanol–water partition coefficient (Wildman–Crippen LogP) is 3.74. The van der Waals surface area contributed by atoms with Crippen LogP contribution in [-0.2, 0) is 0 Å². The van der Waals surface area contributed by atoms with E-state index in [1.165, 1.54) is 11.3 Å². The Bertz CT molecular complexity index is 986. The lowest BCUT2D eigenvalue weighted by molar-refractivity contribution is 0.102. The molecule has 3 rings (SSSR count). The van der Waals surface area contributed by atoms with Crippen molar-refractivity contribution in [3.8, 4) is 0 Å². The predicted molar refractivity (Wildman–Crippen MR) is 106 cm³/mol. The van der Waals surface area contributed by atoms with E-state index in [4.69, 9.17) is 5.73 Å². The molecule has 0 aliphatic carbocycles. The van der Waals surface area contributed by atoms with Gasteiger partial charge in [0.25, 0.3) is 11.8 Å². The van der Waals surface area contributed by atoms with Crippen LogP contribution in [-0.4, -0.2) is 17.8 Å². The number of hydrogen-bond acceptors (Lipinski definition) is 4. The van der Waals surface area contributed by atoms with E-state index in [9.17, 15) is 14.4 Å². The van der Waals surface area contributed by atoms with Crippen LogP contribution in [0, 0.1) is 0 Å². The molecule has 0 aliphatic heterocycles. The Hall–Kier alpha value is -3.65. The van der Waals surface area contributed by atoms with E-state index in [2.05, 4.69) is 16.0 Å². The number of hydrogen-bond donors (Lipinski definition) is 4. The Labute approximate surface area is 159 Å². The standard InChI is InChI=1S/C19H16N4O3S/c20-19(26)22-14-5-3-4-13(10-14)21-18(25)15-6-1-2-7-16(15)23-17(24)12-8-9-27-11-12/h1-11H,(H,21,25)(H,23,24)(H3,20,22,26). The third-order valence-corrected chi connectivity index (χ3v) is 4.27. The second-order valence-electron chi connectivity index (χ2n) is 5.54. The summed E-state index contributed by atoms with van der Waals surface area (Å²) in [6, 6.07) is 14.3. The lowest BCUT2D eigenvalue weighted by Crippen LogP contribution is -2.20. The van der Waals surface area contributed by atoms with Crippen molar-refractivity contribution < 1.29 is 14.4 Å². The average Bonchev–Trinajstić information content (AvgIpc) is 3.16. The third-order valence-electron chi connectivity index (χ3n) is 3.59. The summed E-state index contributed by atoms with van der Waals surface area (Å²) >= 11 is 1.42. The van der Waals surface area contributed by atoms with Gasteiger partial charge in [-0.15, -0.1) is 0 Å². The number of thiophene rings is 1. The van der Waals surface area contributed by atoms with Crippen LogP contribution < -0.4 is 21.7 Å². The van der Waals surface area contributed by atoms with Crippen LogP contribution in [0.1, 0.15) is 20.7 Å².